The van der Waals surface area contributed by atoms with Gasteiger partial charge in [-0.3, -0.25) is 0 Å². The monoisotopic (exact) mass is 347 g/mol. The molecule has 0 amide bonds. The van der Waals surface area contributed by atoms with E-state index in [2.05, 4.69) is 76.5 Å². The van der Waals surface area contributed by atoms with Crippen LogP contribution in [0.2, 0.25) is 0 Å². The van der Waals surface area contributed by atoms with Crippen molar-refractivity contribution in [2.75, 3.05) is 0 Å². The van der Waals surface area contributed by atoms with E-state index >= 15 is 0 Å². The lowest BCUT2D eigenvalue weighted by Crippen LogP contribution is -2.11. The van der Waals surface area contributed by atoms with E-state index in [-0.39, 0.29) is 6.04 Å². The second-order valence-corrected chi connectivity index (χ2v) is 7.68. The van der Waals surface area contributed by atoms with Gasteiger partial charge >= 0.3 is 0 Å². The van der Waals surface area contributed by atoms with Crippen molar-refractivity contribution in [3.63, 3.8) is 0 Å². The summed E-state index contributed by atoms with van der Waals surface area (Å²) < 4.78 is 2.10. The Hall–Kier alpha value is -2.46. The molecule has 4 rings (SSSR count). The molecule has 126 valence electrons. The van der Waals surface area contributed by atoms with E-state index in [0.717, 1.165) is 30.3 Å². The highest BCUT2D eigenvalue weighted by Crippen LogP contribution is 2.31. The quantitative estimate of drug-likeness (QED) is 0.467. The highest BCUT2D eigenvalue weighted by atomic mass is 32.1. The summed E-state index contributed by atoms with van der Waals surface area (Å²) in [6.07, 6.45) is 3.27. The van der Waals surface area contributed by atoms with E-state index in [1.807, 2.05) is 23.5 Å². The van der Waals surface area contributed by atoms with Crippen LogP contribution in [-0.2, 0) is 6.42 Å². The fourth-order valence-corrected chi connectivity index (χ4v) is 4.28. The SMILES string of the molecule is Cc1ccc(C(CCCc2ccccc2)n2nnc3ccccc32)s1. The molecule has 1 unspecified atom stereocenters. The molecule has 1 atom stereocenters. The summed E-state index contributed by atoms with van der Waals surface area (Å²) in [6, 6.07) is 23.6. The number of para-hydroxylation sites is 1. The van der Waals surface area contributed by atoms with E-state index in [1.165, 1.54) is 15.3 Å². The lowest BCUT2D eigenvalue weighted by molar-refractivity contribution is 0.481. The number of thiophene rings is 1. The summed E-state index contributed by atoms with van der Waals surface area (Å²) in [7, 11) is 0. The molecule has 0 aliphatic heterocycles. The van der Waals surface area contributed by atoms with Gasteiger partial charge < -0.3 is 0 Å². The van der Waals surface area contributed by atoms with E-state index in [0.29, 0.717) is 0 Å². The molecule has 0 spiro atoms. The molecule has 4 heteroatoms. The van der Waals surface area contributed by atoms with Crippen molar-refractivity contribution in [3.05, 3.63) is 82.0 Å². The number of hydrogen-bond acceptors (Lipinski definition) is 3. The molecule has 0 N–H and O–H groups in total. The van der Waals surface area contributed by atoms with Crippen molar-refractivity contribution in [1.82, 2.24) is 15.0 Å². The average molecular weight is 347 g/mol. The predicted octanol–water partition coefficient (Wildman–Crippen LogP) is 5.41. The van der Waals surface area contributed by atoms with E-state index in [4.69, 9.17) is 0 Å². The van der Waals surface area contributed by atoms with Gasteiger partial charge in [0.15, 0.2) is 0 Å². The van der Waals surface area contributed by atoms with Crippen molar-refractivity contribution in [1.29, 1.82) is 0 Å². The third kappa shape index (κ3) is 3.49. The van der Waals surface area contributed by atoms with Crippen LogP contribution < -0.4 is 0 Å². The van der Waals surface area contributed by atoms with Crippen LogP contribution in [0, 0.1) is 6.92 Å². The second-order valence-electron chi connectivity index (χ2n) is 6.36. The van der Waals surface area contributed by atoms with Gasteiger partial charge in [-0.15, -0.1) is 16.4 Å². The highest BCUT2D eigenvalue weighted by Gasteiger charge is 2.19. The van der Waals surface area contributed by atoms with Crippen molar-refractivity contribution in [2.45, 2.75) is 32.2 Å². The summed E-state index contributed by atoms with van der Waals surface area (Å²) in [5.74, 6) is 0. The Labute approximate surface area is 151 Å². The Morgan fingerprint density at radius 1 is 0.960 bits per heavy atom. The van der Waals surface area contributed by atoms with Gasteiger partial charge in [0.1, 0.15) is 5.52 Å². The third-order valence-corrected chi connectivity index (χ3v) is 5.65. The molecule has 2 aromatic heterocycles. The van der Waals surface area contributed by atoms with Crippen LogP contribution in [0.3, 0.4) is 0 Å². The Morgan fingerprint density at radius 3 is 2.56 bits per heavy atom. The second kappa shape index (κ2) is 7.19. The maximum absolute atomic E-state index is 4.48. The number of fused-ring (bicyclic) bond motifs is 1. The van der Waals surface area contributed by atoms with Crippen LogP contribution in [0.1, 0.15) is 34.2 Å². The van der Waals surface area contributed by atoms with Crippen molar-refractivity contribution in [3.8, 4) is 0 Å². The molecule has 25 heavy (non-hydrogen) atoms. The lowest BCUT2D eigenvalue weighted by Gasteiger charge is -2.16. The lowest BCUT2D eigenvalue weighted by atomic mass is 10.0. The Kier molecular flexibility index (Phi) is 4.61. The fraction of sp³-hybridized carbons (Fsp3) is 0.238. The molecular weight excluding hydrogens is 326 g/mol. The molecule has 2 heterocycles. The maximum atomic E-state index is 4.48. The minimum atomic E-state index is 0.245. The van der Waals surface area contributed by atoms with Gasteiger partial charge in [0.2, 0.25) is 0 Å². The maximum Gasteiger partial charge on any atom is 0.113 e. The summed E-state index contributed by atoms with van der Waals surface area (Å²) >= 11 is 1.86. The molecule has 0 bridgehead atoms. The van der Waals surface area contributed by atoms with Crippen LogP contribution >= 0.6 is 11.3 Å². The summed E-state index contributed by atoms with van der Waals surface area (Å²) in [5.41, 5.74) is 3.47. The van der Waals surface area contributed by atoms with Crippen molar-refractivity contribution in [2.24, 2.45) is 0 Å². The summed E-state index contributed by atoms with van der Waals surface area (Å²) in [5, 5.41) is 8.84. The summed E-state index contributed by atoms with van der Waals surface area (Å²) in [6.45, 7) is 2.16. The Morgan fingerprint density at radius 2 is 1.76 bits per heavy atom. The smallest absolute Gasteiger partial charge is 0.113 e. The first-order valence-corrected chi connectivity index (χ1v) is 9.53. The molecule has 0 fully saturated rings. The number of rotatable bonds is 6. The van der Waals surface area contributed by atoms with Gasteiger partial charge in [-0.05, 0) is 56.0 Å². The molecule has 0 saturated heterocycles. The van der Waals surface area contributed by atoms with Gasteiger partial charge in [0.05, 0.1) is 11.6 Å². The number of aryl methyl sites for hydroxylation is 2. The molecule has 0 aliphatic rings. The first-order valence-electron chi connectivity index (χ1n) is 8.71. The van der Waals surface area contributed by atoms with Gasteiger partial charge in [-0.1, -0.05) is 47.7 Å². The van der Waals surface area contributed by atoms with Gasteiger partial charge in [-0.25, -0.2) is 4.68 Å². The van der Waals surface area contributed by atoms with E-state index < -0.39 is 0 Å². The fourth-order valence-electron chi connectivity index (χ4n) is 3.28. The topological polar surface area (TPSA) is 30.7 Å². The number of nitrogens with zero attached hydrogens (tertiary/aromatic N) is 3. The first-order chi connectivity index (χ1) is 12.3. The molecule has 3 nitrogen and oxygen atoms in total. The Bertz CT molecular complexity index is 955. The molecule has 2 aromatic carbocycles. The molecule has 0 aliphatic carbocycles. The highest BCUT2D eigenvalue weighted by molar-refractivity contribution is 7.12. The van der Waals surface area contributed by atoms with Crippen LogP contribution in [0.15, 0.2) is 66.7 Å². The van der Waals surface area contributed by atoms with E-state index in [9.17, 15) is 0 Å². The normalized spacial score (nSPS) is 12.5. The molecule has 4 aromatic rings. The minimum absolute atomic E-state index is 0.245. The van der Waals surface area contributed by atoms with Crippen molar-refractivity contribution >= 4 is 22.4 Å². The standard InChI is InChI=1S/C21H21N3S/c1-16-14-15-21(25-16)20(13-7-10-17-8-3-2-4-9-17)24-19-12-6-5-11-18(19)22-23-24/h2-6,8-9,11-12,14-15,20H,7,10,13H2,1H3. The van der Waals surface area contributed by atoms with Crippen LogP contribution in [-0.4, -0.2) is 15.0 Å². The first kappa shape index (κ1) is 16.0. The van der Waals surface area contributed by atoms with Crippen LogP contribution in [0.25, 0.3) is 11.0 Å². The largest absolute Gasteiger partial charge is 0.236 e. The number of aromatic nitrogens is 3. The number of hydrogen-bond donors (Lipinski definition) is 0. The van der Waals surface area contributed by atoms with Crippen LogP contribution in [0.5, 0.6) is 0 Å². The van der Waals surface area contributed by atoms with Gasteiger partial charge in [0, 0.05) is 9.75 Å². The molecule has 0 saturated carbocycles. The van der Waals surface area contributed by atoms with Crippen molar-refractivity contribution < 1.29 is 0 Å². The van der Waals surface area contributed by atoms with Gasteiger partial charge in [-0.2, -0.15) is 0 Å². The average Bonchev–Trinajstić information content (AvgIpc) is 3.26. The summed E-state index contributed by atoms with van der Waals surface area (Å²) in [4.78, 5) is 2.70. The van der Waals surface area contributed by atoms with Gasteiger partial charge in [0.25, 0.3) is 0 Å². The predicted molar refractivity (Wildman–Crippen MR) is 104 cm³/mol. The Balaban J connectivity index is 1.60. The molecule has 0 radical (unpaired) electrons. The van der Waals surface area contributed by atoms with Crippen LogP contribution in [0.4, 0.5) is 0 Å². The zero-order valence-electron chi connectivity index (χ0n) is 14.3. The zero-order valence-corrected chi connectivity index (χ0v) is 15.1. The zero-order chi connectivity index (χ0) is 17.1. The number of benzene rings is 2. The molecular formula is C21H21N3S. The third-order valence-electron chi connectivity index (χ3n) is 4.55. The minimum Gasteiger partial charge on any atom is -0.236 e. The van der Waals surface area contributed by atoms with E-state index in [1.54, 1.807) is 0 Å².